The molecule has 2 unspecified atom stereocenters. The van der Waals surface area contributed by atoms with E-state index in [1.807, 2.05) is 48.6 Å². The second-order valence-corrected chi connectivity index (χ2v) is 5.31. The number of allylic oxidation sites excluding steroid dienone is 2. The Labute approximate surface area is 134 Å². The van der Waals surface area contributed by atoms with Crippen molar-refractivity contribution >= 4 is 0 Å². The minimum absolute atomic E-state index is 0.248. The lowest BCUT2D eigenvalue weighted by molar-refractivity contribution is 0.532. The lowest BCUT2D eigenvalue weighted by atomic mass is 9.82. The predicted octanol–water partition coefficient (Wildman–Crippen LogP) is 5.59. The maximum atomic E-state index is 3.91. The Morgan fingerprint density at radius 2 is 1.41 bits per heavy atom. The number of hydrogen-bond acceptors (Lipinski definition) is 0. The van der Waals surface area contributed by atoms with Crippen LogP contribution in [0.5, 0.6) is 0 Å². The maximum Gasteiger partial charge on any atom is 0.0312 e. The van der Waals surface area contributed by atoms with Gasteiger partial charge in [0.2, 0.25) is 0 Å². The first-order valence-electron chi connectivity index (χ1n) is 7.68. The van der Waals surface area contributed by atoms with Crippen molar-refractivity contribution in [2.75, 3.05) is 0 Å². The molecule has 0 amide bonds. The molecule has 110 valence electrons. The van der Waals surface area contributed by atoms with Gasteiger partial charge in [0.1, 0.15) is 0 Å². The van der Waals surface area contributed by atoms with Gasteiger partial charge in [-0.2, -0.15) is 0 Å². The summed E-state index contributed by atoms with van der Waals surface area (Å²) in [5.41, 5.74) is 2.37. The minimum atomic E-state index is 0.248. The standard InChI is InChI=1S/C22H22/c1-3-11-20(18-17-19-13-7-5-8-14-19)22(12-4-2)21-15-9-6-10-16-21/h3-10,13-16,20,22H,1-2,11-12H2. The van der Waals surface area contributed by atoms with Gasteiger partial charge >= 0.3 is 0 Å². The molecule has 0 aliphatic carbocycles. The average molecular weight is 286 g/mol. The highest BCUT2D eigenvalue weighted by Gasteiger charge is 2.19. The molecule has 0 nitrogen and oxygen atoms in total. The van der Waals surface area contributed by atoms with Crippen molar-refractivity contribution in [3.63, 3.8) is 0 Å². The van der Waals surface area contributed by atoms with Crippen LogP contribution >= 0.6 is 0 Å². The van der Waals surface area contributed by atoms with E-state index in [1.165, 1.54) is 5.56 Å². The number of rotatable bonds is 6. The first kappa shape index (κ1) is 15.9. The molecule has 0 aliphatic heterocycles. The molecule has 0 heteroatoms. The smallest absolute Gasteiger partial charge is 0.0312 e. The van der Waals surface area contributed by atoms with Crippen molar-refractivity contribution in [2.24, 2.45) is 5.92 Å². The van der Waals surface area contributed by atoms with Crippen LogP contribution in [0.25, 0.3) is 0 Å². The molecule has 0 fully saturated rings. The van der Waals surface area contributed by atoms with Gasteiger partial charge in [-0.05, 0) is 30.5 Å². The minimum Gasteiger partial charge on any atom is -0.103 e. The molecule has 0 saturated carbocycles. The summed E-state index contributed by atoms with van der Waals surface area (Å²) in [7, 11) is 0. The molecule has 2 aromatic rings. The van der Waals surface area contributed by atoms with E-state index in [0.717, 1.165) is 18.4 Å². The summed E-state index contributed by atoms with van der Waals surface area (Å²) < 4.78 is 0. The van der Waals surface area contributed by atoms with Gasteiger partial charge in [-0.1, -0.05) is 72.5 Å². The Morgan fingerprint density at radius 3 is 2.00 bits per heavy atom. The molecule has 0 N–H and O–H groups in total. The van der Waals surface area contributed by atoms with Gasteiger partial charge < -0.3 is 0 Å². The molecule has 0 aliphatic rings. The Kier molecular flexibility index (Phi) is 6.27. The van der Waals surface area contributed by atoms with Crippen LogP contribution in [-0.4, -0.2) is 0 Å². The summed E-state index contributed by atoms with van der Waals surface area (Å²) in [4.78, 5) is 0. The van der Waals surface area contributed by atoms with E-state index < -0.39 is 0 Å². The van der Waals surface area contributed by atoms with Crippen LogP contribution < -0.4 is 0 Å². The van der Waals surface area contributed by atoms with Crippen molar-refractivity contribution in [1.82, 2.24) is 0 Å². The van der Waals surface area contributed by atoms with E-state index in [4.69, 9.17) is 0 Å². The fourth-order valence-corrected chi connectivity index (χ4v) is 2.61. The molecular formula is C22H22. The SMILES string of the molecule is C=CCC(C#Cc1ccccc1)C(CC=C)c1ccccc1. The Hall–Kier alpha value is -2.52. The number of hydrogen-bond donors (Lipinski definition) is 0. The van der Waals surface area contributed by atoms with E-state index in [-0.39, 0.29) is 5.92 Å². The largest absolute Gasteiger partial charge is 0.103 e. The number of benzene rings is 2. The lowest BCUT2D eigenvalue weighted by Gasteiger charge is -2.21. The second kappa shape index (κ2) is 8.70. The van der Waals surface area contributed by atoms with Gasteiger partial charge in [-0.25, -0.2) is 0 Å². The van der Waals surface area contributed by atoms with Crippen molar-refractivity contribution in [1.29, 1.82) is 0 Å². The van der Waals surface area contributed by atoms with E-state index in [1.54, 1.807) is 0 Å². The summed E-state index contributed by atoms with van der Waals surface area (Å²) >= 11 is 0. The molecule has 2 rings (SSSR count). The summed E-state index contributed by atoms with van der Waals surface area (Å²) in [5, 5.41) is 0. The summed E-state index contributed by atoms with van der Waals surface area (Å²) in [6, 6.07) is 20.7. The van der Waals surface area contributed by atoms with Gasteiger partial charge in [0.05, 0.1) is 0 Å². The van der Waals surface area contributed by atoms with Gasteiger partial charge in [0.25, 0.3) is 0 Å². The average Bonchev–Trinajstić information content (AvgIpc) is 2.58. The van der Waals surface area contributed by atoms with Gasteiger partial charge in [0, 0.05) is 17.4 Å². The van der Waals surface area contributed by atoms with Gasteiger partial charge in [0.15, 0.2) is 0 Å². The molecule has 0 aromatic heterocycles. The molecule has 0 radical (unpaired) electrons. The highest BCUT2D eigenvalue weighted by Crippen LogP contribution is 2.30. The van der Waals surface area contributed by atoms with E-state index in [9.17, 15) is 0 Å². The molecular weight excluding hydrogens is 264 g/mol. The van der Waals surface area contributed by atoms with Crippen LogP contribution in [0.4, 0.5) is 0 Å². The topological polar surface area (TPSA) is 0 Å². The monoisotopic (exact) mass is 286 g/mol. The third-order valence-electron chi connectivity index (χ3n) is 3.73. The summed E-state index contributed by atoms with van der Waals surface area (Å²) in [5.74, 6) is 7.36. The summed E-state index contributed by atoms with van der Waals surface area (Å²) in [6.07, 6.45) is 5.75. The third kappa shape index (κ3) is 4.50. The first-order chi connectivity index (χ1) is 10.8. The fourth-order valence-electron chi connectivity index (χ4n) is 2.61. The molecule has 0 saturated heterocycles. The van der Waals surface area contributed by atoms with Gasteiger partial charge in [-0.3, -0.25) is 0 Å². The van der Waals surface area contributed by atoms with Crippen molar-refractivity contribution < 1.29 is 0 Å². The zero-order valence-corrected chi connectivity index (χ0v) is 12.9. The van der Waals surface area contributed by atoms with Crippen molar-refractivity contribution in [3.8, 4) is 11.8 Å². The fraction of sp³-hybridized carbons (Fsp3) is 0.182. The van der Waals surface area contributed by atoms with Gasteiger partial charge in [-0.15, -0.1) is 13.2 Å². The molecule has 0 bridgehead atoms. The zero-order valence-electron chi connectivity index (χ0n) is 12.9. The van der Waals surface area contributed by atoms with Crippen LogP contribution in [-0.2, 0) is 0 Å². The van der Waals surface area contributed by atoms with E-state index in [0.29, 0.717) is 5.92 Å². The van der Waals surface area contributed by atoms with Crippen molar-refractivity contribution in [2.45, 2.75) is 18.8 Å². The molecule has 0 heterocycles. The zero-order chi connectivity index (χ0) is 15.6. The maximum absolute atomic E-state index is 3.91. The van der Waals surface area contributed by atoms with Crippen LogP contribution in [0, 0.1) is 17.8 Å². The molecule has 2 atom stereocenters. The van der Waals surface area contributed by atoms with E-state index >= 15 is 0 Å². The molecule has 22 heavy (non-hydrogen) atoms. The Bertz CT molecular complexity index is 641. The van der Waals surface area contributed by atoms with Crippen LogP contribution in [0.2, 0.25) is 0 Å². The third-order valence-corrected chi connectivity index (χ3v) is 3.73. The Balaban J connectivity index is 2.29. The van der Waals surface area contributed by atoms with Crippen LogP contribution in [0.1, 0.15) is 29.9 Å². The highest BCUT2D eigenvalue weighted by molar-refractivity contribution is 5.35. The molecule has 2 aromatic carbocycles. The Morgan fingerprint density at radius 1 is 0.818 bits per heavy atom. The predicted molar refractivity (Wildman–Crippen MR) is 95.6 cm³/mol. The normalized spacial score (nSPS) is 12.5. The summed E-state index contributed by atoms with van der Waals surface area (Å²) in [6.45, 7) is 7.81. The first-order valence-corrected chi connectivity index (χ1v) is 7.68. The van der Waals surface area contributed by atoms with E-state index in [2.05, 4.69) is 49.3 Å². The van der Waals surface area contributed by atoms with Crippen LogP contribution in [0.15, 0.2) is 86.0 Å². The van der Waals surface area contributed by atoms with Crippen LogP contribution in [0.3, 0.4) is 0 Å². The highest BCUT2D eigenvalue weighted by atomic mass is 14.2. The van der Waals surface area contributed by atoms with Crippen molar-refractivity contribution in [3.05, 3.63) is 97.1 Å². The lowest BCUT2D eigenvalue weighted by Crippen LogP contribution is -2.10. The second-order valence-electron chi connectivity index (χ2n) is 5.31. The quantitative estimate of drug-likeness (QED) is 0.479. The molecule has 0 spiro atoms.